The molecule has 0 saturated carbocycles. The molecule has 0 saturated heterocycles. The van der Waals surface area contributed by atoms with E-state index in [1.165, 1.54) is 7.11 Å². The lowest BCUT2D eigenvalue weighted by Crippen LogP contribution is -2.20. The molecule has 39 heavy (non-hydrogen) atoms. The number of nitrogens with zero attached hydrogens (tertiary/aromatic N) is 1. The Balaban J connectivity index is 1.61. The first-order valence-corrected chi connectivity index (χ1v) is 13.1. The zero-order valence-electron chi connectivity index (χ0n) is 21.6. The van der Waals surface area contributed by atoms with Crippen molar-refractivity contribution in [2.24, 2.45) is 11.8 Å². The maximum Gasteiger partial charge on any atom is 0.416 e. The number of aromatic nitrogens is 1. The van der Waals surface area contributed by atoms with E-state index in [-0.39, 0.29) is 40.5 Å². The highest BCUT2D eigenvalue weighted by Crippen LogP contribution is 2.38. The molecule has 3 aromatic rings. The topological polar surface area (TPSA) is 94.6 Å². The van der Waals surface area contributed by atoms with Gasteiger partial charge in [0.1, 0.15) is 9.88 Å². The summed E-state index contributed by atoms with van der Waals surface area (Å²) in [6.45, 7) is 4.28. The largest absolute Gasteiger partial charge is 0.469 e. The van der Waals surface area contributed by atoms with Gasteiger partial charge < -0.3 is 14.8 Å². The molecule has 1 heterocycles. The molecule has 2 aromatic carbocycles. The van der Waals surface area contributed by atoms with Crippen LogP contribution in [0.1, 0.15) is 45.9 Å². The molecule has 1 N–H and O–H groups in total. The number of amides is 1. The minimum absolute atomic E-state index is 0.138. The highest BCUT2D eigenvalue weighted by molar-refractivity contribution is 7.17. The van der Waals surface area contributed by atoms with Gasteiger partial charge >= 0.3 is 18.1 Å². The number of rotatable bonds is 8. The van der Waals surface area contributed by atoms with Crippen LogP contribution in [0.15, 0.2) is 42.5 Å². The van der Waals surface area contributed by atoms with Gasteiger partial charge in [0.2, 0.25) is 0 Å². The Morgan fingerprint density at radius 2 is 1.82 bits per heavy atom. The number of ether oxygens (including phenoxy) is 2. The number of hydrogen-bond donors (Lipinski definition) is 1. The number of methoxy groups -OCH3 is 1. The SMILES string of the molecule is COC(=O)Cc1nc(-c2cccc3c2CC(C(=O)OCC(C)C)C3)sc1C(=O)Nc1ccc(C(F)(F)F)cc1. The zero-order valence-corrected chi connectivity index (χ0v) is 22.4. The van der Waals surface area contributed by atoms with Crippen molar-refractivity contribution in [2.45, 2.75) is 39.3 Å². The number of halogens is 3. The van der Waals surface area contributed by atoms with Crippen molar-refractivity contribution in [1.82, 2.24) is 4.98 Å². The van der Waals surface area contributed by atoms with E-state index in [2.05, 4.69) is 10.3 Å². The van der Waals surface area contributed by atoms with Gasteiger partial charge in [-0.1, -0.05) is 32.0 Å². The molecule has 1 amide bonds. The summed E-state index contributed by atoms with van der Waals surface area (Å²) in [5.74, 6) is -1.56. The number of anilines is 1. The molecule has 1 aliphatic carbocycles. The highest BCUT2D eigenvalue weighted by atomic mass is 32.1. The summed E-state index contributed by atoms with van der Waals surface area (Å²) in [5.41, 5.74) is 2.18. The molecule has 1 aliphatic rings. The number of fused-ring (bicyclic) bond motifs is 1. The first kappa shape index (κ1) is 28.3. The number of esters is 2. The van der Waals surface area contributed by atoms with Crippen LogP contribution in [-0.4, -0.2) is 36.5 Å². The minimum Gasteiger partial charge on any atom is -0.469 e. The van der Waals surface area contributed by atoms with Crippen LogP contribution in [0.2, 0.25) is 0 Å². The predicted molar refractivity (Wildman–Crippen MR) is 139 cm³/mol. The quantitative estimate of drug-likeness (QED) is 0.355. The molecule has 0 fully saturated rings. The standard InChI is InChI=1S/C28H27F3N2O5S/c1-15(2)14-38-27(36)17-11-16-5-4-6-20(21(16)12-17)26-33-22(13-23(34)37-3)24(39-26)25(35)32-19-9-7-18(8-10-19)28(29,30)31/h4-10,15,17H,11-14H2,1-3H3,(H,32,35). The first-order chi connectivity index (χ1) is 18.5. The van der Waals surface area contributed by atoms with Crippen LogP contribution in [0.4, 0.5) is 18.9 Å². The molecule has 4 rings (SSSR count). The summed E-state index contributed by atoms with van der Waals surface area (Å²) in [6.07, 6.45) is -3.77. The number of hydrogen-bond acceptors (Lipinski definition) is 7. The Labute approximate surface area is 227 Å². The third kappa shape index (κ3) is 6.65. The molecule has 1 unspecified atom stereocenters. The van der Waals surface area contributed by atoms with Gasteiger partial charge in [0.25, 0.3) is 5.91 Å². The number of carbonyl (C=O) groups excluding carboxylic acids is 3. The van der Waals surface area contributed by atoms with E-state index in [1.807, 2.05) is 32.0 Å². The van der Waals surface area contributed by atoms with Crippen LogP contribution in [-0.2, 0) is 44.5 Å². The van der Waals surface area contributed by atoms with Gasteiger partial charge in [0.05, 0.1) is 37.3 Å². The number of alkyl halides is 3. The Morgan fingerprint density at radius 3 is 2.46 bits per heavy atom. The lowest BCUT2D eigenvalue weighted by molar-refractivity contribution is -0.149. The first-order valence-electron chi connectivity index (χ1n) is 12.3. The summed E-state index contributed by atoms with van der Waals surface area (Å²) in [7, 11) is 1.22. The summed E-state index contributed by atoms with van der Waals surface area (Å²) < 4.78 is 48.9. The molecule has 0 radical (unpaired) electrons. The smallest absolute Gasteiger partial charge is 0.416 e. The summed E-state index contributed by atoms with van der Waals surface area (Å²) >= 11 is 1.06. The second-order valence-electron chi connectivity index (χ2n) is 9.65. The van der Waals surface area contributed by atoms with E-state index in [9.17, 15) is 27.6 Å². The zero-order chi connectivity index (χ0) is 28.3. The van der Waals surface area contributed by atoms with Crippen molar-refractivity contribution < 1.29 is 37.0 Å². The van der Waals surface area contributed by atoms with Crippen molar-refractivity contribution in [3.8, 4) is 10.6 Å². The maximum absolute atomic E-state index is 13.2. The number of carbonyl (C=O) groups is 3. The van der Waals surface area contributed by atoms with Crippen molar-refractivity contribution in [3.05, 3.63) is 69.7 Å². The van der Waals surface area contributed by atoms with Gasteiger partial charge in [0.15, 0.2) is 0 Å². The van der Waals surface area contributed by atoms with Crippen molar-refractivity contribution >= 4 is 34.9 Å². The molecule has 0 spiro atoms. The number of thiazole rings is 1. The van der Waals surface area contributed by atoms with Gasteiger partial charge in [-0.25, -0.2) is 4.98 Å². The van der Waals surface area contributed by atoms with E-state index in [4.69, 9.17) is 9.47 Å². The maximum atomic E-state index is 13.2. The van der Waals surface area contributed by atoms with Crippen LogP contribution in [0.3, 0.4) is 0 Å². The van der Waals surface area contributed by atoms with Crippen molar-refractivity contribution in [1.29, 1.82) is 0 Å². The second kappa shape index (κ2) is 11.6. The molecule has 11 heteroatoms. The van der Waals surface area contributed by atoms with E-state index in [0.717, 1.165) is 52.3 Å². The van der Waals surface area contributed by atoms with E-state index in [0.29, 0.717) is 24.5 Å². The van der Waals surface area contributed by atoms with Crippen molar-refractivity contribution in [2.75, 3.05) is 19.0 Å². The molecule has 1 atom stereocenters. The molecular weight excluding hydrogens is 533 g/mol. The van der Waals surface area contributed by atoms with Gasteiger partial charge in [-0.3, -0.25) is 14.4 Å². The number of nitrogens with one attached hydrogen (secondary N) is 1. The predicted octanol–water partition coefficient (Wildman–Crippen LogP) is 5.71. The van der Waals surface area contributed by atoms with Crippen LogP contribution in [0.25, 0.3) is 10.6 Å². The minimum atomic E-state index is -4.50. The van der Waals surface area contributed by atoms with Crippen LogP contribution < -0.4 is 5.32 Å². The van der Waals surface area contributed by atoms with Gasteiger partial charge in [0, 0.05) is 11.3 Å². The van der Waals surface area contributed by atoms with E-state index in [1.54, 1.807) is 0 Å². The molecule has 7 nitrogen and oxygen atoms in total. The normalized spacial score (nSPS) is 14.7. The lowest BCUT2D eigenvalue weighted by atomic mass is 10.0. The van der Waals surface area contributed by atoms with Crippen LogP contribution in [0.5, 0.6) is 0 Å². The summed E-state index contributed by atoms with van der Waals surface area (Å²) in [4.78, 5) is 42.5. The lowest BCUT2D eigenvalue weighted by Gasteiger charge is -2.11. The number of benzene rings is 2. The summed E-state index contributed by atoms with van der Waals surface area (Å²) in [5, 5.41) is 3.07. The Hall–Kier alpha value is -3.73. The Morgan fingerprint density at radius 1 is 1.10 bits per heavy atom. The van der Waals surface area contributed by atoms with E-state index >= 15 is 0 Å². The fourth-order valence-corrected chi connectivity index (χ4v) is 5.32. The molecule has 0 aliphatic heterocycles. The monoisotopic (exact) mass is 560 g/mol. The average molecular weight is 561 g/mol. The molecule has 206 valence electrons. The second-order valence-corrected chi connectivity index (χ2v) is 10.6. The Kier molecular flexibility index (Phi) is 8.39. The van der Waals surface area contributed by atoms with Crippen molar-refractivity contribution in [3.63, 3.8) is 0 Å². The molecule has 0 bridgehead atoms. The fourth-order valence-electron chi connectivity index (χ4n) is 4.29. The third-order valence-corrected chi connectivity index (χ3v) is 7.36. The van der Waals surface area contributed by atoms with Gasteiger partial charge in [-0.05, 0) is 54.2 Å². The fraction of sp³-hybridized carbons (Fsp3) is 0.357. The third-order valence-electron chi connectivity index (χ3n) is 6.23. The molecular formula is C28H27F3N2O5S. The molecule has 1 aromatic heterocycles. The average Bonchev–Trinajstić information content (AvgIpc) is 3.51. The van der Waals surface area contributed by atoms with Gasteiger partial charge in [-0.2, -0.15) is 13.2 Å². The van der Waals surface area contributed by atoms with Gasteiger partial charge in [-0.15, -0.1) is 11.3 Å². The van der Waals surface area contributed by atoms with E-state index < -0.39 is 23.6 Å². The Bertz CT molecular complexity index is 1380. The summed E-state index contributed by atoms with van der Waals surface area (Å²) in [6, 6.07) is 9.70. The van der Waals surface area contributed by atoms with Crippen LogP contribution in [0, 0.1) is 11.8 Å². The van der Waals surface area contributed by atoms with Crippen LogP contribution >= 0.6 is 11.3 Å². The highest BCUT2D eigenvalue weighted by Gasteiger charge is 2.32.